The molecule has 0 heterocycles. The maximum absolute atomic E-state index is 13.9. The smallest absolute Gasteiger partial charge is 0.174 e. The molecule has 0 aromatic heterocycles. The molecule has 146 valence electrons. The molecular weight excluding hydrogens is 468 g/mol. The van der Waals surface area contributed by atoms with Crippen molar-refractivity contribution >= 4 is 28.3 Å². The van der Waals surface area contributed by atoms with E-state index in [9.17, 15) is 4.39 Å². The number of halogens is 2. The van der Waals surface area contributed by atoms with E-state index in [0.717, 1.165) is 14.8 Å². The van der Waals surface area contributed by atoms with Gasteiger partial charge in [-0.1, -0.05) is 36.4 Å². The zero-order valence-electron chi connectivity index (χ0n) is 16.0. The van der Waals surface area contributed by atoms with Crippen LogP contribution in [0.1, 0.15) is 23.6 Å². The predicted molar refractivity (Wildman–Crippen MR) is 120 cm³/mol. The summed E-state index contributed by atoms with van der Waals surface area (Å²) < 4.78 is 26.5. The van der Waals surface area contributed by atoms with Crippen molar-refractivity contribution in [3.05, 3.63) is 86.7 Å². The molecule has 0 atom stereocenters. The molecule has 1 N–H and O–H groups in total. The van der Waals surface area contributed by atoms with E-state index in [1.807, 2.05) is 25.1 Å². The highest BCUT2D eigenvalue weighted by atomic mass is 127. The molecule has 0 fully saturated rings. The first-order chi connectivity index (χ1) is 13.6. The first kappa shape index (κ1) is 20.5. The van der Waals surface area contributed by atoms with Crippen LogP contribution in [0.5, 0.6) is 11.5 Å². The second-order valence-electron chi connectivity index (χ2n) is 6.39. The van der Waals surface area contributed by atoms with Crippen LogP contribution in [0.2, 0.25) is 0 Å². The van der Waals surface area contributed by atoms with Gasteiger partial charge in [-0.15, -0.1) is 0 Å². The molecular formula is C23H23FINO2. The molecule has 0 amide bonds. The molecule has 0 radical (unpaired) electrons. The molecule has 0 saturated heterocycles. The number of anilines is 1. The third kappa shape index (κ3) is 5.16. The molecule has 0 bridgehead atoms. The van der Waals surface area contributed by atoms with Gasteiger partial charge in [0.1, 0.15) is 12.4 Å². The van der Waals surface area contributed by atoms with E-state index in [-0.39, 0.29) is 12.4 Å². The van der Waals surface area contributed by atoms with Crippen molar-refractivity contribution in [2.45, 2.75) is 27.0 Å². The Kier molecular flexibility index (Phi) is 7.14. The third-order valence-corrected chi connectivity index (χ3v) is 5.13. The standard InChI is InChI=1S/C23H23FINO2/c1-3-27-22-13-17(14-26-21-11-7-4-8-16(21)2)12-20(25)23(22)28-15-18-9-5-6-10-19(18)24/h4-13,26H,3,14-15H2,1-2H3. The molecule has 0 spiro atoms. The minimum atomic E-state index is -0.269. The predicted octanol–water partition coefficient (Wildman–Crippen LogP) is 6.33. The van der Waals surface area contributed by atoms with Crippen molar-refractivity contribution in [3.8, 4) is 11.5 Å². The lowest BCUT2D eigenvalue weighted by molar-refractivity contribution is 0.264. The summed E-state index contributed by atoms with van der Waals surface area (Å²) in [6.07, 6.45) is 0. The molecule has 0 aliphatic rings. The summed E-state index contributed by atoms with van der Waals surface area (Å²) in [6.45, 7) is 5.38. The minimum Gasteiger partial charge on any atom is -0.490 e. The molecule has 5 heteroatoms. The van der Waals surface area contributed by atoms with Gasteiger partial charge in [0, 0.05) is 17.8 Å². The first-order valence-corrected chi connectivity index (χ1v) is 10.3. The van der Waals surface area contributed by atoms with Crippen molar-refractivity contribution in [1.29, 1.82) is 0 Å². The van der Waals surface area contributed by atoms with Crippen LogP contribution in [0.4, 0.5) is 10.1 Å². The van der Waals surface area contributed by atoms with Gasteiger partial charge in [-0.05, 0) is 71.8 Å². The fourth-order valence-electron chi connectivity index (χ4n) is 2.86. The minimum absolute atomic E-state index is 0.156. The van der Waals surface area contributed by atoms with Crippen LogP contribution >= 0.6 is 22.6 Å². The Morgan fingerprint density at radius 2 is 1.75 bits per heavy atom. The van der Waals surface area contributed by atoms with Crippen molar-refractivity contribution in [2.24, 2.45) is 0 Å². The van der Waals surface area contributed by atoms with Gasteiger partial charge in [-0.3, -0.25) is 0 Å². The highest BCUT2D eigenvalue weighted by Crippen LogP contribution is 2.35. The highest BCUT2D eigenvalue weighted by Gasteiger charge is 2.14. The molecule has 3 aromatic rings. The van der Waals surface area contributed by atoms with Gasteiger partial charge in [0.15, 0.2) is 11.5 Å². The number of hydrogen-bond donors (Lipinski definition) is 1. The van der Waals surface area contributed by atoms with Crippen LogP contribution in [0, 0.1) is 16.3 Å². The number of ether oxygens (including phenoxy) is 2. The summed E-state index contributed by atoms with van der Waals surface area (Å²) in [7, 11) is 0. The zero-order valence-corrected chi connectivity index (χ0v) is 18.1. The Hall–Kier alpha value is -2.28. The van der Waals surface area contributed by atoms with Gasteiger partial charge in [0.05, 0.1) is 10.2 Å². The van der Waals surface area contributed by atoms with Crippen LogP contribution in [0.3, 0.4) is 0 Å². The molecule has 3 rings (SSSR count). The van der Waals surface area contributed by atoms with Crippen LogP contribution in [0.25, 0.3) is 0 Å². The average molecular weight is 491 g/mol. The van der Waals surface area contributed by atoms with E-state index in [2.05, 4.69) is 53.0 Å². The van der Waals surface area contributed by atoms with E-state index >= 15 is 0 Å². The molecule has 0 aliphatic carbocycles. The van der Waals surface area contributed by atoms with Crippen LogP contribution < -0.4 is 14.8 Å². The second-order valence-corrected chi connectivity index (χ2v) is 7.55. The maximum atomic E-state index is 13.9. The maximum Gasteiger partial charge on any atom is 0.174 e. The van der Waals surface area contributed by atoms with Crippen LogP contribution in [0.15, 0.2) is 60.7 Å². The van der Waals surface area contributed by atoms with Gasteiger partial charge >= 0.3 is 0 Å². The lowest BCUT2D eigenvalue weighted by atomic mass is 10.1. The molecule has 3 aromatic carbocycles. The molecule has 28 heavy (non-hydrogen) atoms. The summed E-state index contributed by atoms with van der Waals surface area (Å²) in [5, 5.41) is 3.46. The number of aryl methyl sites for hydroxylation is 1. The normalized spacial score (nSPS) is 10.6. The van der Waals surface area contributed by atoms with Gasteiger partial charge in [-0.2, -0.15) is 0 Å². The molecule has 0 unspecified atom stereocenters. The number of nitrogens with one attached hydrogen (secondary N) is 1. The number of rotatable bonds is 8. The highest BCUT2D eigenvalue weighted by molar-refractivity contribution is 14.1. The SMILES string of the molecule is CCOc1cc(CNc2ccccc2C)cc(I)c1OCc1ccccc1F. The van der Waals surface area contributed by atoms with Gasteiger partial charge < -0.3 is 14.8 Å². The van der Waals surface area contributed by atoms with E-state index in [0.29, 0.717) is 30.2 Å². The number of benzene rings is 3. The summed E-state index contributed by atoms with van der Waals surface area (Å²) in [5.74, 6) is 1.05. The molecule has 3 nitrogen and oxygen atoms in total. The summed E-state index contributed by atoms with van der Waals surface area (Å²) in [6, 6.07) is 18.9. The number of para-hydroxylation sites is 1. The van der Waals surface area contributed by atoms with E-state index in [1.165, 1.54) is 11.6 Å². The first-order valence-electron chi connectivity index (χ1n) is 9.19. The Morgan fingerprint density at radius 3 is 2.50 bits per heavy atom. The second kappa shape index (κ2) is 9.78. The van der Waals surface area contributed by atoms with Gasteiger partial charge in [-0.25, -0.2) is 4.39 Å². The Balaban J connectivity index is 1.77. The Bertz CT molecular complexity index is 946. The fourth-order valence-corrected chi connectivity index (χ4v) is 3.68. The Morgan fingerprint density at radius 1 is 1.00 bits per heavy atom. The zero-order chi connectivity index (χ0) is 19.9. The summed E-state index contributed by atoms with van der Waals surface area (Å²) in [4.78, 5) is 0. The summed E-state index contributed by atoms with van der Waals surface area (Å²) in [5.41, 5.74) is 3.92. The molecule has 0 aliphatic heterocycles. The average Bonchev–Trinajstić information content (AvgIpc) is 2.68. The van der Waals surface area contributed by atoms with E-state index < -0.39 is 0 Å². The Labute approximate surface area is 179 Å². The lowest BCUT2D eigenvalue weighted by Crippen LogP contribution is -2.06. The third-order valence-electron chi connectivity index (χ3n) is 4.33. The van der Waals surface area contributed by atoms with E-state index in [4.69, 9.17) is 9.47 Å². The topological polar surface area (TPSA) is 30.5 Å². The van der Waals surface area contributed by atoms with Crippen molar-refractivity contribution < 1.29 is 13.9 Å². The van der Waals surface area contributed by atoms with E-state index in [1.54, 1.807) is 18.2 Å². The van der Waals surface area contributed by atoms with Gasteiger partial charge in [0.25, 0.3) is 0 Å². The quantitative estimate of drug-likeness (QED) is 0.374. The number of hydrogen-bond acceptors (Lipinski definition) is 3. The molecule has 0 saturated carbocycles. The van der Waals surface area contributed by atoms with Crippen LogP contribution in [-0.2, 0) is 13.2 Å². The van der Waals surface area contributed by atoms with Crippen molar-refractivity contribution in [2.75, 3.05) is 11.9 Å². The fraction of sp³-hybridized carbons (Fsp3) is 0.217. The monoisotopic (exact) mass is 491 g/mol. The van der Waals surface area contributed by atoms with Crippen molar-refractivity contribution in [1.82, 2.24) is 0 Å². The summed E-state index contributed by atoms with van der Waals surface area (Å²) >= 11 is 2.24. The van der Waals surface area contributed by atoms with Crippen molar-refractivity contribution in [3.63, 3.8) is 0 Å². The van der Waals surface area contributed by atoms with Crippen LogP contribution in [-0.4, -0.2) is 6.61 Å². The largest absolute Gasteiger partial charge is 0.490 e. The lowest BCUT2D eigenvalue weighted by Gasteiger charge is -2.17. The van der Waals surface area contributed by atoms with Gasteiger partial charge in [0.2, 0.25) is 0 Å².